The van der Waals surface area contributed by atoms with E-state index in [0.29, 0.717) is 6.54 Å². The van der Waals surface area contributed by atoms with Gasteiger partial charge in [0, 0.05) is 36.7 Å². The summed E-state index contributed by atoms with van der Waals surface area (Å²) < 4.78 is 10.9. The zero-order chi connectivity index (χ0) is 20.5. The van der Waals surface area contributed by atoms with Crippen LogP contribution < -0.4 is 15.4 Å². The maximum Gasteiger partial charge on any atom is 0.191 e. The Balaban J connectivity index is 1.74. The maximum atomic E-state index is 6.28. The van der Waals surface area contributed by atoms with E-state index in [1.54, 1.807) is 7.11 Å². The molecule has 156 valence electrons. The first kappa shape index (κ1) is 21.5. The molecule has 0 atom stereocenters. The second kappa shape index (κ2) is 10.5. The highest BCUT2D eigenvalue weighted by atomic mass is 35.5. The molecule has 1 fully saturated rings. The Hall–Kier alpha value is -2.24. The zero-order valence-electron chi connectivity index (χ0n) is 17.2. The van der Waals surface area contributed by atoms with Crippen LogP contribution in [-0.4, -0.2) is 39.4 Å². The molecule has 3 rings (SSSR count). The summed E-state index contributed by atoms with van der Waals surface area (Å²) in [6.07, 6.45) is 1.91. The fraction of sp³-hybridized carbons (Fsp3) is 0.435. The van der Waals surface area contributed by atoms with Gasteiger partial charge in [-0.3, -0.25) is 0 Å². The van der Waals surface area contributed by atoms with Crippen molar-refractivity contribution in [2.24, 2.45) is 4.99 Å². The minimum atomic E-state index is -0.0185. The molecular formula is C23H30ClN3O2. The molecule has 1 saturated heterocycles. The number of ether oxygens (including phenoxy) is 2. The number of nitrogens with zero attached hydrogens (tertiary/aromatic N) is 1. The van der Waals surface area contributed by atoms with Crippen LogP contribution in [0.2, 0.25) is 5.02 Å². The molecule has 0 aromatic heterocycles. The highest BCUT2D eigenvalue weighted by Gasteiger charge is 2.34. The van der Waals surface area contributed by atoms with Gasteiger partial charge in [-0.2, -0.15) is 0 Å². The van der Waals surface area contributed by atoms with Gasteiger partial charge in [-0.1, -0.05) is 35.9 Å². The number of rotatable bonds is 7. The number of nitrogens with one attached hydrogen (secondary N) is 2. The van der Waals surface area contributed by atoms with E-state index in [1.165, 1.54) is 5.56 Å². The Kier molecular flexibility index (Phi) is 7.78. The lowest BCUT2D eigenvalue weighted by Gasteiger charge is -2.38. The molecule has 2 N–H and O–H groups in total. The topological polar surface area (TPSA) is 54.9 Å². The highest BCUT2D eigenvalue weighted by molar-refractivity contribution is 6.30. The monoisotopic (exact) mass is 415 g/mol. The Morgan fingerprint density at radius 1 is 1.14 bits per heavy atom. The number of guanidine groups is 1. The van der Waals surface area contributed by atoms with Crippen molar-refractivity contribution in [3.8, 4) is 5.75 Å². The molecule has 0 radical (unpaired) electrons. The van der Waals surface area contributed by atoms with Gasteiger partial charge in [-0.05, 0) is 55.2 Å². The molecule has 2 aromatic carbocycles. The predicted octanol–water partition coefficient (Wildman–Crippen LogP) is 4.15. The molecule has 0 bridgehead atoms. The van der Waals surface area contributed by atoms with E-state index < -0.39 is 0 Å². The first-order valence-electron chi connectivity index (χ1n) is 10.1. The van der Waals surface area contributed by atoms with Gasteiger partial charge >= 0.3 is 0 Å². The number of methoxy groups -OCH3 is 1. The Bertz CT molecular complexity index is 819. The van der Waals surface area contributed by atoms with Gasteiger partial charge in [-0.15, -0.1) is 0 Å². The molecule has 0 unspecified atom stereocenters. The predicted molar refractivity (Wildman–Crippen MR) is 119 cm³/mol. The van der Waals surface area contributed by atoms with E-state index in [4.69, 9.17) is 26.1 Å². The molecule has 0 spiro atoms. The average Bonchev–Trinajstić information content (AvgIpc) is 2.76. The first-order chi connectivity index (χ1) is 14.1. The summed E-state index contributed by atoms with van der Waals surface area (Å²) in [6, 6.07) is 16.2. The number of hydrogen-bond donors (Lipinski definition) is 2. The highest BCUT2D eigenvalue weighted by Crippen LogP contribution is 2.35. The summed E-state index contributed by atoms with van der Waals surface area (Å²) in [5, 5.41) is 7.68. The van der Waals surface area contributed by atoms with E-state index in [0.717, 1.165) is 61.4 Å². The fourth-order valence-electron chi connectivity index (χ4n) is 3.68. The Morgan fingerprint density at radius 2 is 1.93 bits per heavy atom. The SMILES string of the molecule is CCNC(=NCc1cccc(OC)c1)NCC1(c2cccc(Cl)c2)CCOCC1. The minimum absolute atomic E-state index is 0.0185. The Morgan fingerprint density at radius 3 is 2.66 bits per heavy atom. The number of hydrogen-bond acceptors (Lipinski definition) is 3. The first-order valence-corrected chi connectivity index (χ1v) is 10.5. The van der Waals surface area contributed by atoms with Crippen LogP contribution in [0.3, 0.4) is 0 Å². The zero-order valence-corrected chi connectivity index (χ0v) is 18.0. The van der Waals surface area contributed by atoms with Crippen molar-refractivity contribution in [2.45, 2.75) is 31.7 Å². The lowest BCUT2D eigenvalue weighted by molar-refractivity contribution is 0.0514. The number of aliphatic imine (C=N–C) groups is 1. The summed E-state index contributed by atoms with van der Waals surface area (Å²) in [7, 11) is 1.68. The molecule has 0 saturated carbocycles. The molecule has 0 aliphatic carbocycles. The van der Waals surface area contributed by atoms with Crippen molar-refractivity contribution in [3.05, 3.63) is 64.7 Å². The van der Waals surface area contributed by atoms with Gasteiger partial charge in [0.2, 0.25) is 0 Å². The summed E-state index contributed by atoms with van der Waals surface area (Å²) in [5.74, 6) is 1.65. The van der Waals surface area contributed by atoms with Crippen LogP contribution >= 0.6 is 11.6 Å². The smallest absolute Gasteiger partial charge is 0.191 e. The van der Waals surface area contributed by atoms with Crippen molar-refractivity contribution in [3.63, 3.8) is 0 Å². The lowest BCUT2D eigenvalue weighted by atomic mass is 9.74. The van der Waals surface area contributed by atoms with Gasteiger partial charge in [-0.25, -0.2) is 4.99 Å². The molecule has 6 heteroatoms. The molecule has 1 aliphatic rings. The molecule has 2 aromatic rings. The second-order valence-corrected chi connectivity index (χ2v) is 7.74. The standard InChI is InChI=1S/C23H30ClN3O2/c1-3-25-22(26-16-18-6-4-9-21(14-18)28-2)27-17-23(10-12-29-13-11-23)19-7-5-8-20(24)15-19/h4-9,14-15H,3,10-13,16-17H2,1-2H3,(H2,25,26,27). The van der Waals surface area contributed by atoms with Crippen LogP contribution in [-0.2, 0) is 16.7 Å². The van der Waals surface area contributed by atoms with E-state index in [9.17, 15) is 0 Å². The molecule has 5 nitrogen and oxygen atoms in total. The van der Waals surface area contributed by atoms with Crippen molar-refractivity contribution in [1.82, 2.24) is 10.6 Å². The van der Waals surface area contributed by atoms with Crippen molar-refractivity contribution in [1.29, 1.82) is 0 Å². The van der Waals surface area contributed by atoms with Gasteiger partial charge in [0.25, 0.3) is 0 Å². The van der Waals surface area contributed by atoms with Crippen LogP contribution in [0.1, 0.15) is 30.9 Å². The lowest BCUT2D eigenvalue weighted by Crippen LogP contribution is -2.48. The van der Waals surface area contributed by atoms with Crippen molar-refractivity contribution in [2.75, 3.05) is 33.4 Å². The van der Waals surface area contributed by atoms with E-state index in [1.807, 2.05) is 30.3 Å². The molecule has 29 heavy (non-hydrogen) atoms. The van der Waals surface area contributed by atoms with Crippen LogP contribution in [0.25, 0.3) is 0 Å². The van der Waals surface area contributed by atoms with Crippen molar-refractivity contribution < 1.29 is 9.47 Å². The fourth-order valence-corrected chi connectivity index (χ4v) is 3.87. The normalized spacial score (nSPS) is 16.3. The molecular weight excluding hydrogens is 386 g/mol. The summed E-state index contributed by atoms with van der Waals surface area (Å²) in [6.45, 7) is 5.75. The van der Waals surface area contributed by atoms with Gasteiger partial charge in [0.05, 0.1) is 13.7 Å². The van der Waals surface area contributed by atoms with Crippen LogP contribution in [0.5, 0.6) is 5.75 Å². The van der Waals surface area contributed by atoms with E-state index in [2.05, 4.69) is 35.8 Å². The van der Waals surface area contributed by atoms with Crippen LogP contribution in [0.15, 0.2) is 53.5 Å². The number of benzene rings is 2. The van der Waals surface area contributed by atoms with Gasteiger partial charge in [0.1, 0.15) is 5.75 Å². The van der Waals surface area contributed by atoms with Crippen molar-refractivity contribution >= 4 is 17.6 Å². The average molecular weight is 416 g/mol. The minimum Gasteiger partial charge on any atom is -0.497 e. The van der Waals surface area contributed by atoms with E-state index in [-0.39, 0.29) is 5.41 Å². The third-order valence-corrected chi connectivity index (χ3v) is 5.61. The summed E-state index contributed by atoms with van der Waals surface area (Å²) in [5.41, 5.74) is 2.34. The van der Waals surface area contributed by atoms with Gasteiger partial charge < -0.3 is 20.1 Å². The largest absolute Gasteiger partial charge is 0.497 e. The van der Waals surface area contributed by atoms with Gasteiger partial charge in [0.15, 0.2) is 5.96 Å². The third kappa shape index (κ3) is 5.87. The Labute approximate surface area is 178 Å². The van der Waals surface area contributed by atoms with Crippen LogP contribution in [0.4, 0.5) is 0 Å². The van der Waals surface area contributed by atoms with Crippen LogP contribution in [0, 0.1) is 0 Å². The van der Waals surface area contributed by atoms with E-state index >= 15 is 0 Å². The number of halogens is 1. The third-order valence-electron chi connectivity index (χ3n) is 5.38. The maximum absolute atomic E-state index is 6.28. The summed E-state index contributed by atoms with van der Waals surface area (Å²) >= 11 is 6.28. The molecule has 1 heterocycles. The second-order valence-electron chi connectivity index (χ2n) is 7.30. The summed E-state index contributed by atoms with van der Waals surface area (Å²) in [4.78, 5) is 4.77. The quantitative estimate of drug-likeness (QED) is 0.526. The molecule has 1 aliphatic heterocycles. The molecule has 0 amide bonds.